The van der Waals surface area contributed by atoms with E-state index in [-0.39, 0.29) is 5.57 Å². The van der Waals surface area contributed by atoms with Crippen LogP contribution in [0.1, 0.15) is 13.3 Å². The first-order valence-electron chi connectivity index (χ1n) is 3.72. The molecule has 0 aliphatic rings. The van der Waals surface area contributed by atoms with Crippen molar-refractivity contribution in [3.05, 3.63) is 11.6 Å². The largest absolute Gasteiger partial charge is 0.481 e. The summed E-state index contributed by atoms with van der Waals surface area (Å²) in [7, 11) is 0. The van der Waals surface area contributed by atoms with Crippen molar-refractivity contribution < 1.29 is 29.7 Å². The van der Waals surface area contributed by atoms with Crippen LogP contribution in [0.2, 0.25) is 0 Å². The molecule has 6 nitrogen and oxygen atoms in total. The summed E-state index contributed by atoms with van der Waals surface area (Å²) in [5, 5.41) is 25.5. The maximum Gasteiger partial charge on any atom is 0.322 e. The highest BCUT2D eigenvalue weighted by Crippen LogP contribution is 2.15. The SMILES string of the molecule is C/C=C(\CC(=O)O)C(C(=O)O)C(=O)O. The molecule has 0 radical (unpaired) electrons. The minimum Gasteiger partial charge on any atom is -0.481 e. The minimum atomic E-state index is -1.78. The maximum absolute atomic E-state index is 10.5. The van der Waals surface area contributed by atoms with E-state index in [2.05, 4.69) is 0 Å². The van der Waals surface area contributed by atoms with Crippen LogP contribution in [0.4, 0.5) is 0 Å². The minimum absolute atomic E-state index is 0.141. The molecule has 0 fully saturated rings. The molecule has 0 saturated heterocycles. The molecule has 0 heterocycles. The molecule has 0 aromatic carbocycles. The summed E-state index contributed by atoms with van der Waals surface area (Å²) in [6.07, 6.45) is 0.612. The zero-order valence-electron chi connectivity index (χ0n) is 7.43. The molecule has 0 atom stereocenters. The molecule has 0 saturated carbocycles. The van der Waals surface area contributed by atoms with Gasteiger partial charge in [-0.3, -0.25) is 14.4 Å². The lowest BCUT2D eigenvalue weighted by Crippen LogP contribution is -2.26. The summed E-state index contributed by atoms with van der Waals surface area (Å²) < 4.78 is 0. The lowest BCUT2D eigenvalue weighted by Gasteiger charge is -2.09. The third-order valence-electron chi connectivity index (χ3n) is 1.59. The molecule has 0 aliphatic carbocycles. The molecule has 0 amide bonds. The number of aliphatic carboxylic acids is 3. The Morgan fingerprint density at radius 3 is 1.79 bits per heavy atom. The second kappa shape index (κ2) is 5.00. The third-order valence-corrected chi connectivity index (χ3v) is 1.59. The van der Waals surface area contributed by atoms with Crippen LogP contribution in [-0.4, -0.2) is 33.2 Å². The van der Waals surface area contributed by atoms with Gasteiger partial charge in [0.25, 0.3) is 0 Å². The van der Waals surface area contributed by atoms with Gasteiger partial charge in [-0.2, -0.15) is 0 Å². The van der Waals surface area contributed by atoms with Crippen molar-refractivity contribution >= 4 is 17.9 Å². The van der Waals surface area contributed by atoms with Gasteiger partial charge < -0.3 is 15.3 Å². The fourth-order valence-electron chi connectivity index (χ4n) is 0.968. The summed E-state index contributed by atoms with van der Waals surface area (Å²) in [5.41, 5.74) is -0.141. The molecular weight excluding hydrogens is 192 g/mol. The maximum atomic E-state index is 10.5. The van der Waals surface area contributed by atoms with E-state index in [9.17, 15) is 14.4 Å². The van der Waals surface area contributed by atoms with E-state index in [0.29, 0.717) is 0 Å². The standard InChI is InChI=1S/C8H10O6/c1-2-4(3-5(9)10)6(7(11)12)8(13)14/h2,6H,3H2,1H3,(H,9,10)(H,11,12)(H,13,14)/b4-2+. The Balaban J connectivity index is 4.88. The van der Waals surface area contributed by atoms with Crippen LogP contribution in [0.25, 0.3) is 0 Å². The van der Waals surface area contributed by atoms with E-state index in [1.54, 1.807) is 0 Å². The number of carboxylic acid groups (broad SMARTS) is 3. The van der Waals surface area contributed by atoms with E-state index < -0.39 is 30.2 Å². The van der Waals surface area contributed by atoms with Crippen LogP contribution in [0.5, 0.6) is 0 Å². The van der Waals surface area contributed by atoms with Gasteiger partial charge in [-0.1, -0.05) is 6.08 Å². The van der Waals surface area contributed by atoms with Crippen molar-refractivity contribution in [3.63, 3.8) is 0 Å². The van der Waals surface area contributed by atoms with E-state index in [4.69, 9.17) is 15.3 Å². The van der Waals surface area contributed by atoms with Crippen LogP contribution in [-0.2, 0) is 14.4 Å². The average Bonchev–Trinajstić information content (AvgIpc) is 2.00. The highest BCUT2D eigenvalue weighted by molar-refractivity contribution is 5.97. The smallest absolute Gasteiger partial charge is 0.322 e. The topological polar surface area (TPSA) is 112 Å². The molecule has 0 spiro atoms. The second-order valence-electron chi connectivity index (χ2n) is 2.54. The van der Waals surface area contributed by atoms with Gasteiger partial charge in [0.1, 0.15) is 0 Å². The Kier molecular flexibility index (Phi) is 4.34. The van der Waals surface area contributed by atoms with Crippen LogP contribution >= 0.6 is 0 Å². The molecule has 3 N–H and O–H groups in total. The van der Waals surface area contributed by atoms with Crippen LogP contribution in [0, 0.1) is 5.92 Å². The third kappa shape index (κ3) is 3.26. The van der Waals surface area contributed by atoms with Crippen molar-refractivity contribution in [3.8, 4) is 0 Å². The molecule has 0 aromatic heterocycles. The molecule has 14 heavy (non-hydrogen) atoms. The van der Waals surface area contributed by atoms with E-state index in [1.165, 1.54) is 13.0 Å². The van der Waals surface area contributed by atoms with Gasteiger partial charge in [0.15, 0.2) is 5.92 Å². The Hall–Kier alpha value is -1.85. The summed E-state index contributed by atoms with van der Waals surface area (Å²) in [4.78, 5) is 31.3. The summed E-state index contributed by atoms with van der Waals surface area (Å²) in [6.45, 7) is 1.40. The number of rotatable bonds is 5. The molecule has 6 heteroatoms. The van der Waals surface area contributed by atoms with Crippen molar-refractivity contribution in [2.75, 3.05) is 0 Å². The number of allylic oxidation sites excluding steroid dienone is 1. The lowest BCUT2D eigenvalue weighted by molar-refractivity contribution is -0.152. The van der Waals surface area contributed by atoms with Gasteiger partial charge in [0, 0.05) is 0 Å². The Labute approximate surface area is 79.5 Å². The molecule has 0 aliphatic heterocycles. The Bertz CT molecular complexity index is 276. The zero-order chi connectivity index (χ0) is 11.3. The molecule has 0 unspecified atom stereocenters. The van der Waals surface area contributed by atoms with Crippen molar-refractivity contribution in [2.24, 2.45) is 5.92 Å². The number of hydrogen-bond donors (Lipinski definition) is 3. The highest BCUT2D eigenvalue weighted by atomic mass is 16.4. The van der Waals surface area contributed by atoms with Gasteiger partial charge in [-0.15, -0.1) is 0 Å². The van der Waals surface area contributed by atoms with Gasteiger partial charge in [-0.25, -0.2) is 0 Å². The average molecular weight is 202 g/mol. The summed E-state index contributed by atoms with van der Waals surface area (Å²) in [6, 6.07) is 0. The molecular formula is C8H10O6. The molecule has 0 aromatic rings. The van der Waals surface area contributed by atoms with Crippen molar-refractivity contribution in [1.82, 2.24) is 0 Å². The monoisotopic (exact) mass is 202 g/mol. The van der Waals surface area contributed by atoms with E-state index >= 15 is 0 Å². The molecule has 78 valence electrons. The normalized spacial score (nSPS) is 11.4. The Morgan fingerprint density at radius 1 is 1.14 bits per heavy atom. The number of carbonyl (C=O) groups is 3. The fraction of sp³-hybridized carbons (Fsp3) is 0.375. The summed E-state index contributed by atoms with van der Waals surface area (Å²) >= 11 is 0. The van der Waals surface area contributed by atoms with Crippen molar-refractivity contribution in [2.45, 2.75) is 13.3 Å². The summed E-state index contributed by atoms with van der Waals surface area (Å²) in [5.74, 6) is -6.17. The first kappa shape index (κ1) is 12.2. The van der Waals surface area contributed by atoms with Crippen molar-refractivity contribution in [1.29, 1.82) is 0 Å². The number of carboxylic acids is 3. The first-order chi connectivity index (χ1) is 6.40. The molecule has 0 rings (SSSR count). The van der Waals surface area contributed by atoms with Gasteiger partial charge in [-0.05, 0) is 12.5 Å². The lowest BCUT2D eigenvalue weighted by atomic mass is 9.96. The second-order valence-corrected chi connectivity index (χ2v) is 2.54. The van der Waals surface area contributed by atoms with E-state index in [0.717, 1.165) is 0 Å². The first-order valence-corrected chi connectivity index (χ1v) is 3.72. The van der Waals surface area contributed by atoms with E-state index in [1.807, 2.05) is 0 Å². The highest BCUT2D eigenvalue weighted by Gasteiger charge is 2.30. The fourth-order valence-corrected chi connectivity index (χ4v) is 0.968. The predicted octanol–water partition coefficient (Wildman–Crippen LogP) is 0.193. The van der Waals surface area contributed by atoms with Crippen LogP contribution < -0.4 is 0 Å². The van der Waals surface area contributed by atoms with Gasteiger partial charge in [0.05, 0.1) is 6.42 Å². The zero-order valence-corrected chi connectivity index (χ0v) is 7.43. The number of hydrogen-bond acceptors (Lipinski definition) is 3. The predicted molar refractivity (Wildman–Crippen MR) is 44.8 cm³/mol. The molecule has 0 bridgehead atoms. The van der Waals surface area contributed by atoms with Crippen LogP contribution in [0.3, 0.4) is 0 Å². The Morgan fingerprint density at radius 2 is 1.57 bits per heavy atom. The van der Waals surface area contributed by atoms with Gasteiger partial charge in [0.2, 0.25) is 0 Å². The quantitative estimate of drug-likeness (QED) is 0.433. The van der Waals surface area contributed by atoms with Gasteiger partial charge >= 0.3 is 17.9 Å². The van der Waals surface area contributed by atoms with Crippen LogP contribution in [0.15, 0.2) is 11.6 Å².